The van der Waals surface area contributed by atoms with E-state index in [1.54, 1.807) is 31.2 Å². The van der Waals surface area contributed by atoms with Crippen molar-refractivity contribution in [1.29, 1.82) is 0 Å². The van der Waals surface area contributed by atoms with Gasteiger partial charge in [0.05, 0.1) is 6.54 Å². The summed E-state index contributed by atoms with van der Waals surface area (Å²) in [5.41, 5.74) is 0.834. The van der Waals surface area contributed by atoms with E-state index < -0.39 is 19.1 Å². The molecule has 0 amide bonds. The van der Waals surface area contributed by atoms with Gasteiger partial charge >= 0.3 is 0 Å². The number of benzene rings is 1. The minimum Gasteiger partial charge on any atom is -0.390 e. The average Bonchev–Trinajstić information content (AvgIpc) is 2.26. The fraction of sp³-hybridized carbons (Fsp3) is 0.455. The molecule has 5 heteroatoms. The number of aliphatic hydroxyl groups is 1. The molecule has 0 saturated carbocycles. The SMILES string of the molecule is CC(NCC(F)(F)CO)c1cccc(Cl)c1. The van der Waals surface area contributed by atoms with Crippen molar-refractivity contribution < 1.29 is 13.9 Å². The number of rotatable bonds is 5. The van der Waals surface area contributed by atoms with Crippen LogP contribution in [-0.4, -0.2) is 24.2 Å². The third kappa shape index (κ3) is 4.04. The Bertz CT molecular complexity index is 347. The predicted molar refractivity (Wildman–Crippen MR) is 59.9 cm³/mol. The Kier molecular flexibility index (Phi) is 4.65. The van der Waals surface area contributed by atoms with E-state index in [2.05, 4.69) is 5.32 Å². The van der Waals surface area contributed by atoms with Crippen LogP contribution < -0.4 is 5.32 Å². The van der Waals surface area contributed by atoms with Gasteiger partial charge in [0, 0.05) is 11.1 Å². The lowest BCUT2D eigenvalue weighted by Crippen LogP contribution is -2.37. The Morgan fingerprint density at radius 1 is 1.50 bits per heavy atom. The van der Waals surface area contributed by atoms with Crippen LogP contribution in [0.15, 0.2) is 24.3 Å². The molecule has 0 aliphatic carbocycles. The van der Waals surface area contributed by atoms with E-state index in [0.29, 0.717) is 5.02 Å². The van der Waals surface area contributed by atoms with Gasteiger partial charge < -0.3 is 10.4 Å². The van der Waals surface area contributed by atoms with Gasteiger partial charge in [-0.1, -0.05) is 23.7 Å². The van der Waals surface area contributed by atoms with Gasteiger partial charge in [0.2, 0.25) is 0 Å². The maximum Gasteiger partial charge on any atom is 0.282 e. The second kappa shape index (κ2) is 5.57. The van der Waals surface area contributed by atoms with Crippen LogP contribution >= 0.6 is 11.6 Å². The van der Waals surface area contributed by atoms with Crippen LogP contribution in [0.2, 0.25) is 5.02 Å². The van der Waals surface area contributed by atoms with Gasteiger partial charge in [-0.3, -0.25) is 0 Å². The average molecular weight is 250 g/mol. The largest absolute Gasteiger partial charge is 0.390 e. The van der Waals surface area contributed by atoms with Gasteiger partial charge in [0.25, 0.3) is 5.92 Å². The molecule has 1 rings (SSSR count). The van der Waals surface area contributed by atoms with Crippen LogP contribution in [-0.2, 0) is 0 Å². The molecule has 0 heterocycles. The van der Waals surface area contributed by atoms with Crippen molar-refractivity contribution in [1.82, 2.24) is 5.32 Å². The molecule has 1 atom stereocenters. The summed E-state index contributed by atoms with van der Waals surface area (Å²) in [6.45, 7) is 0.0541. The van der Waals surface area contributed by atoms with Gasteiger partial charge in [0.1, 0.15) is 6.61 Å². The fourth-order valence-electron chi connectivity index (χ4n) is 1.25. The van der Waals surface area contributed by atoms with Crippen molar-refractivity contribution in [2.45, 2.75) is 18.9 Å². The van der Waals surface area contributed by atoms with Gasteiger partial charge in [-0.25, -0.2) is 8.78 Å². The molecule has 0 radical (unpaired) electrons. The van der Waals surface area contributed by atoms with E-state index >= 15 is 0 Å². The van der Waals surface area contributed by atoms with Crippen LogP contribution in [0.5, 0.6) is 0 Å². The summed E-state index contributed by atoms with van der Waals surface area (Å²) in [6, 6.07) is 6.77. The molecule has 0 bridgehead atoms. The monoisotopic (exact) mass is 249 g/mol. The molecular formula is C11H14ClF2NO. The second-order valence-electron chi connectivity index (χ2n) is 3.67. The molecule has 1 aromatic rings. The fourth-order valence-corrected chi connectivity index (χ4v) is 1.45. The lowest BCUT2D eigenvalue weighted by Gasteiger charge is -2.19. The van der Waals surface area contributed by atoms with Crippen molar-refractivity contribution >= 4 is 11.6 Å². The molecule has 1 unspecified atom stereocenters. The summed E-state index contributed by atoms with van der Waals surface area (Å²) in [6.07, 6.45) is 0. The van der Waals surface area contributed by atoms with Crippen molar-refractivity contribution in [2.75, 3.05) is 13.2 Å². The summed E-state index contributed by atoms with van der Waals surface area (Å²) in [5, 5.41) is 11.6. The van der Waals surface area contributed by atoms with Crippen molar-refractivity contribution in [2.24, 2.45) is 0 Å². The van der Waals surface area contributed by atoms with Gasteiger partial charge in [0.15, 0.2) is 0 Å². The first-order chi connectivity index (χ1) is 7.44. The molecule has 0 spiro atoms. The van der Waals surface area contributed by atoms with E-state index in [1.165, 1.54) is 0 Å². The van der Waals surface area contributed by atoms with E-state index in [4.69, 9.17) is 16.7 Å². The predicted octanol–water partition coefficient (Wildman–Crippen LogP) is 2.62. The van der Waals surface area contributed by atoms with Crippen molar-refractivity contribution in [3.63, 3.8) is 0 Å². The third-order valence-electron chi connectivity index (χ3n) is 2.25. The molecule has 90 valence electrons. The highest BCUT2D eigenvalue weighted by molar-refractivity contribution is 6.30. The second-order valence-corrected chi connectivity index (χ2v) is 4.11. The molecule has 0 aliphatic rings. The zero-order valence-corrected chi connectivity index (χ0v) is 9.64. The Morgan fingerprint density at radius 3 is 2.75 bits per heavy atom. The molecule has 2 nitrogen and oxygen atoms in total. The van der Waals surface area contributed by atoms with Gasteiger partial charge in [-0.2, -0.15) is 0 Å². The van der Waals surface area contributed by atoms with Crippen LogP contribution in [0.1, 0.15) is 18.5 Å². The first kappa shape index (κ1) is 13.4. The maximum atomic E-state index is 12.8. The van der Waals surface area contributed by atoms with Gasteiger partial charge in [-0.05, 0) is 24.6 Å². The van der Waals surface area contributed by atoms with Crippen molar-refractivity contribution in [3.05, 3.63) is 34.9 Å². The summed E-state index contributed by atoms with van der Waals surface area (Å²) >= 11 is 5.79. The number of hydrogen-bond acceptors (Lipinski definition) is 2. The van der Waals surface area contributed by atoms with E-state index in [9.17, 15) is 8.78 Å². The summed E-state index contributed by atoms with van der Waals surface area (Å²) in [4.78, 5) is 0. The number of hydrogen-bond donors (Lipinski definition) is 2. The van der Waals surface area contributed by atoms with Crippen molar-refractivity contribution in [3.8, 4) is 0 Å². The molecule has 0 aromatic heterocycles. The molecule has 1 aromatic carbocycles. The molecule has 2 N–H and O–H groups in total. The third-order valence-corrected chi connectivity index (χ3v) is 2.48. The number of aliphatic hydroxyl groups excluding tert-OH is 1. The number of nitrogens with one attached hydrogen (secondary N) is 1. The van der Waals surface area contributed by atoms with E-state index in [0.717, 1.165) is 5.56 Å². The zero-order chi connectivity index (χ0) is 12.2. The van der Waals surface area contributed by atoms with Crippen LogP contribution in [0.25, 0.3) is 0 Å². The lowest BCUT2D eigenvalue weighted by atomic mass is 10.1. The first-order valence-corrected chi connectivity index (χ1v) is 5.30. The zero-order valence-electron chi connectivity index (χ0n) is 8.88. The molecule has 16 heavy (non-hydrogen) atoms. The summed E-state index contributed by atoms with van der Waals surface area (Å²) in [5.74, 6) is -3.09. The quantitative estimate of drug-likeness (QED) is 0.841. The van der Waals surface area contributed by atoms with E-state index in [1.807, 2.05) is 0 Å². The smallest absolute Gasteiger partial charge is 0.282 e. The summed E-state index contributed by atoms with van der Waals surface area (Å²) in [7, 11) is 0. The molecule has 0 aliphatic heterocycles. The number of halogens is 3. The molecular weight excluding hydrogens is 236 g/mol. The summed E-state index contributed by atoms with van der Waals surface area (Å²) < 4.78 is 25.5. The van der Waals surface area contributed by atoms with Crippen LogP contribution in [0.4, 0.5) is 8.78 Å². The van der Waals surface area contributed by atoms with Crippen LogP contribution in [0.3, 0.4) is 0 Å². The topological polar surface area (TPSA) is 32.3 Å². The molecule has 0 saturated heterocycles. The Hall–Kier alpha value is -0.710. The highest BCUT2D eigenvalue weighted by atomic mass is 35.5. The standard InChI is InChI=1S/C11H14ClF2NO/c1-8(15-6-11(13,14)7-16)9-3-2-4-10(12)5-9/h2-5,8,15-16H,6-7H2,1H3. The first-order valence-electron chi connectivity index (χ1n) is 4.92. The maximum absolute atomic E-state index is 12.8. The highest BCUT2D eigenvalue weighted by Gasteiger charge is 2.27. The van der Waals surface area contributed by atoms with E-state index in [-0.39, 0.29) is 6.04 Å². The number of alkyl halides is 2. The minimum atomic E-state index is -3.09. The normalized spacial score (nSPS) is 13.8. The van der Waals surface area contributed by atoms with Crippen LogP contribution in [0, 0.1) is 0 Å². The lowest BCUT2D eigenvalue weighted by molar-refractivity contribution is -0.0490. The Labute approximate surface area is 98.2 Å². The Morgan fingerprint density at radius 2 is 2.19 bits per heavy atom. The Balaban J connectivity index is 2.56. The molecule has 0 fully saturated rings. The highest BCUT2D eigenvalue weighted by Crippen LogP contribution is 2.18. The van der Waals surface area contributed by atoms with Gasteiger partial charge in [-0.15, -0.1) is 0 Å². The minimum absolute atomic E-state index is 0.240.